The Labute approximate surface area is 391 Å². The summed E-state index contributed by atoms with van der Waals surface area (Å²) in [7, 11) is 0. The van der Waals surface area contributed by atoms with Gasteiger partial charge in [-0.1, -0.05) is 205 Å². The number of unbranched alkanes of at least 4 members (excludes halogenated alkanes) is 12. The van der Waals surface area contributed by atoms with Crippen molar-refractivity contribution in [2.75, 3.05) is 13.2 Å². The summed E-state index contributed by atoms with van der Waals surface area (Å²) in [5.41, 5.74) is 0. The third kappa shape index (κ3) is 48.3. The summed E-state index contributed by atoms with van der Waals surface area (Å²) in [6, 6.07) is 0. The molecule has 64 heavy (non-hydrogen) atoms. The van der Waals surface area contributed by atoms with Crippen LogP contribution in [0.25, 0.3) is 0 Å². The quantitative estimate of drug-likeness (QED) is 0.0200. The highest BCUT2D eigenvalue weighted by atomic mass is 16.6. The van der Waals surface area contributed by atoms with Crippen LogP contribution in [0.15, 0.2) is 146 Å². The maximum absolute atomic E-state index is 12.8. The summed E-state index contributed by atoms with van der Waals surface area (Å²) in [6.45, 7) is 6.22. The average molecular weight is 881 g/mol. The number of hydrogen-bond donors (Lipinski definition) is 0. The van der Waals surface area contributed by atoms with E-state index in [0.717, 1.165) is 103 Å². The molecule has 0 aliphatic heterocycles. The lowest BCUT2D eigenvalue weighted by atomic mass is 10.1. The molecule has 0 N–H and O–H groups in total. The van der Waals surface area contributed by atoms with Gasteiger partial charge in [-0.3, -0.25) is 14.4 Å². The fourth-order valence-corrected chi connectivity index (χ4v) is 6.03. The number of ether oxygens (including phenoxy) is 3. The van der Waals surface area contributed by atoms with Crippen LogP contribution in [0.5, 0.6) is 0 Å². The molecule has 0 aromatic heterocycles. The van der Waals surface area contributed by atoms with Crippen LogP contribution >= 0.6 is 0 Å². The van der Waals surface area contributed by atoms with Crippen LogP contribution in [-0.4, -0.2) is 37.2 Å². The number of allylic oxidation sites excluding steroid dienone is 24. The third-order valence-corrected chi connectivity index (χ3v) is 9.72. The Hall–Kier alpha value is -4.71. The zero-order chi connectivity index (χ0) is 46.5. The van der Waals surface area contributed by atoms with Crippen LogP contribution in [-0.2, 0) is 28.6 Å². The van der Waals surface area contributed by atoms with E-state index in [0.29, 0.717) is 19.3 Å². The first-order valence-electron chi connectivity index (χ1n) is 24.9. The summed E-state index contributed by atoms with van der Waals surface area (Å²) in [6.07, 6.45) is 72.6. The van der Waals surface area contributed by atoms with E-state index in [4.69, 9.17) is 14.2 Å². The second-order valence-corrected chi connectivity index (χ2v) is 15.8. The van der Waals surface area contributed by atoms with E-state index >= 15 is 0 Å². The molecule has 6 nitrogen and oxygen atoms in total. The topological polar surface area (TPSA) is 78.9 Å². The van der Waals surface area contributed by atoms with E-state index in [9.17, 15) is 14.4 Å². The largest absolute Gasteiger partial charge is 0.462 e. The van der Waals surface area contributed by atoms with Crippen LogP contribution in [0.3, 0.4) is 0 Å². The van der Waals surface area contributed by atoms with E-state index in [1.165, 1.54) is 25.7 Å². The smallest absolute Gasteiger partial charge is 0.306 e. The summed E-state index contributed by atoms with van der Waals surface area (Å²) in [5, 5.41) is 0. The second kappa shape index (κ2) is 50.9. The molecule has 0 fully saturated rings. The predicted octanol–water partition coefficient (Wildman–Crippen LogP) is 16.5. The highest BCUT2D eigenvalue weighted by molar-refractivity contribution is 5.71. The van der Waals surface area contributed by atoms with E-state index < -0.39 is 6.10 Å². The van der Waals surface area contributed by atoms with E-state index in [1.807, 2.05) is 60.8 Å². The standard InChI is InChI=1S/C58H88O6/c1-4-7-10-13-16-19-22-25-27-29-31-33-36-39-42-45-48-51-57(60)63-54-55(53-62-56(59)50-47-44-41-38-35-24-21-18-15-12-9-6-3)64-58(61)52-49-46-43-40-37-34-32-30-28-26-23-20-17-14-11-8-5-2/h7,9-10,12-13,16-22,25-29,31-34,36,40,43,55H,4-6,8,11,14-15,23-24,30,35,37-39,41-42,44-54H2,1-3H3/b10-7-,12-9-,16-13-,20-17-,21-18-,22-19-,27-25-,28-26-,31-29+,34-32-,36-33-,43-40-. The van der Waals surface area contributed by atoms with Crippen LogP contribution in [0, 0.1) is 0 Å². The molecule has 356 valence electrons. The van der Waals surface area contributed by atoms with Crippen molar-refractivity contribution in [1.29, 1.82) is 0 Å². The molecular weight excluding hydrogens is 793 g/mol. The summed E-state index contributed by atoms with van der Waals surface area (Å²) in [4.78, 5) is 37.9. The number of hydrogen-bond acceptors (Lipinski definition) is 6. The molecule has 6 heteroatoms. The Morgan fingerprint density at radius 2 is 0.703 bits per heavy atom. The van der Waals surface area contributed by atoms with Gasteiger partial charge in [0.1, 0.15) is 13.2 Å². The van der Waals surface area contributed by atoms with Gasteiger partial charge in [0.15, 0.2) is 6.10 Å². The van der Waals surface area contributed by atoms with Crippen molar-refractivity contribution in [3.8, 4) is 0 Å². The maximum atomic E-state index is 12.8. The predicted molar refractivity (Wildman–Crippen MR) is 274 cm³/mol. The molecule has 0 bridgehead atoms. The molecule has 0 aromatic rings. The van der Waals surface area contributed by atoms with Crippen molar-refractivity contribution in [2.24, 2.45) is 0 Å². The normalized spacial score (nSPS) is 13.4. The average Bonchev–Trinajstić information content (AvgIpc) is 3.29. The van der Waals surface area contributed by atoms with Gasteiger partial charge in [-0.25, -0.2) is 0 Å². The third-order valence-electron chi connectivity index (χ3n) is 9.72. The lowest BCUT2D eigenvalue weighted by Gasteiger charge is -2.18. The van der Waals surface area contributed by atoms with E-state index in [1.54, 1.807) is 0 Å². The Bertz CT molecular complexity index is 1480. The molecule has 0 saturated heterocycles. The van der Waals surface area contributed by atoms with Crippen LogP contribution in [0.1, 0.15) is 181 Å². The molecule has 0 radical (unpaired) electrons. The molecule has 0 saturated carbocycles. The van der Waals surface area contributed by atoms with Gasteiger partial charge in [0, 0.05) is 19.3 Å². The van der Waals surface area contributed by atoms with Gasteiger partial charge in [-0.2, -0.15) is 0 Å². The Balaban J connectivity index is 4.62. The number of rotatable bonds is 42. The molecule has 0 aliphatic carbocycles. The molecule has 0 amide bonds. The van der Waals surface area contributed by atoms with Crippen LogP contribution in [0.2, 0.25) is 0 Å². The first-order valence-corrected chi connectivity index (χ1v) is 24.9. The first-order chi connectivity index (χ1) is 31.5. The van der Waals surface area contributed by atoms with Crippen molar-refractivity contribution in [1.82, 2.24) is 0 Å². The zero-order valence-corrected chi connectivity index (χ0v) is 40.5. The molecule has 0 heterocycles. The van der Waals surface area contributed by atoms with Gasteiger partial charge < -0.3 is 14.2 Å². The van der Waals surface area contributed by atoms with Crippen LogP contribution < -0.4 is 0 Å². The maximum Gasteiger partial charge on any atom is 0.306 e. The van der Waals surface area contributed by atoms with Crippen molar-refractivity contribution >= 4 is 17.9 Å². The molecular formula is C58H88O6. The summed E-state index contributed by atoms with van der Waals surface area (Å²) in [5.74, 6) is -1.06. The Kier molecular flexibility index (Phi) is 47.2. The van der Waals surface area contributed by atoms with E-state index in [2.05, 4.69) is 106 Å². The number of esters is 3. The van der Waals surface area contributed by atoms with Gasteiger partial charge in [-0.15, -0.1) is 0 Å². The van der Waals surface area contributed by atoms with Gasteiger partial charge in [0.25, 0.3) is 0 Å². The first kappa shape index (κ1) is 59.3. The fraction of sp³-hybridized carbons (Fsp3) is 0.534. The summed E-state index contributed by atoms with van der Waals surface area (Å²) < 4.78 is 16.7. The SMILES string of the molecule is CC\C=C/C=C\C=C/C=C\C=C\C=C/CCCCCC(=O)OCC(COC(=O)CCCCCCC/C=C\C/C=C\CC)OC(=O)CCC/C=C\C/C=C\C/C=C\C/C=C\CCCCC. The zero-order valence-electron chi connectivity index (χ0n) is 40.5. The highest BCUT2D eigenvalue weighted by Gasteiger charge is 2.19. The van der Waals surface area contributed by atoms with Crippen molar-refractivity contribution in [3.05, 3.63) is 146 Å². The second-order valence-electron chi connectivity index (χ2n) is 15.8. The number of carbonyl (C=O) groups is 3. The molecule has 0 rings (SSSR count). The Morgan fingerprint density at radius 3 is 1.20 bits per heavy atom. The highest BCUT2D eigenvalue weighted by Crippen LogP contribution is 2.11. The minimum atomic E-state index is -0.837. The van der Waals surface area contributed by atoms with Gasteiger partial charge in [-0.05, 0) is 103 Å². The monoisotopic (exact) mass is 881 g/mol. The van der Waals surface area contributed by atoms with Crippen molar-refractivity contribution < 1.29 is 28.6 Å². The minimum Gasteiger partial charge on any atom is -0.462 e. The molecule has 0 spiro atoms. The lowest BCUT2D eigenvalue weighted by Crippen LogP contribution is -2.30. The summed E-state index contributed by atoms with van der Waals surface area (Å²) >= 11 is 0. The van der Waals surface area contributed by atoms with Crippen LogP contribution in [0.4, 0.5) is 0 Å². The molecule has 1 atom stereocenters. The van der Waals surface area contributed by atoms with Gasteiger partial charge >= 0.3 is 17.9 Å². The van der Waals surface area contributed by atoms with Gasteiger partial charge in [0.2, 0.25) is 0 Å². The molecule has 0 aliphatic rings. The van der Waals surface area contributed by atoms with Crippen molar-refractivity contribution in [2.45, 2.75) is 187 Å². The van der Waals surface area contributed by atoms with Gasteiger partial charge in [0.05, 0.1) is 0 Å². The number of carbonyl (C=O) groups excluding carboxylic acids is 3. The molecule has 1 unspecified atom stereocenters. The Morgan fingerprint density at radius 1 is 0.344 bits per heavy atom. The van der Waals surface area contributed by atoms with E-state index in [-0.39, 0.29) is 44.0 Å². The van der Waals surface area contributed by atoms with Crippen molar-refractivity contribution in [3.63, 3.8) is 0 Å². The fourth-order valence-electron chi connectivity index (χ4n) is 6.03. The molecule has 0 aromatic carbocycles. The lowest BCUT2D eigenvalue weighted by molar-refractivity contribution is -0.167. The minimum absolute atomic E-state index is 0.129.